The Morgan fingerprint density at radius 2 is 1.76 bits per heavy atom. The summed E-state index contributed by atoms with van der Waals surface area (Å²) in [5.74, 6) is 0. The van der Waals surface area contributed by atoms with Crippen molar-refractivity contribution in [3.8, 4) is 11.3 Å². The van der Waals surface area contributed by atoms with E-state index in [1.807, 2.05) is 17.6 Å². The Labute approximate surface area is 125 Å². The Morgan fingerprint density at radius 3 is 2.38 bits per heavy atom. The third-order valence-corrected chi connectivity index (χ3v) is 3.90. The Kier molecular flexibility index (Phi) is 3.13. The minimum absolute atomic E-state index is 0.910. The number of fused-ring (bicyclic) bond motifs is 1. The van der Waals surface area contributed by atoms with Crippen LogP contribution in [0, 0.1) is 20.8 Å². The first-order valence-electron chi connectivity index (χ1n) is 7.07. The quantitative estimate of drug-likeness (QED) is 0.697. The number of aromatic nitrogens is 3. The highest BCUT2D eigenvalue weighted by molar-refractivity contribution is 5.72. The highest BCUT2D eigenvalue weighted by atomic mass is 15.3. The van der Waals surface area contributed by atoms with Crippen LogP contribution in [-0.2, 0) is 0 Å². The molecule has 0 saturated carbocycles. The van der Waals surface area contributed by atoms with Gasteiger partial charge in [-0.15, -0.1) is 0 Å². The van der Waals surface area contributed by atoms with E-state index in [9.17, 15) is 0 Å². The number of allylic oxidation sites excluding steroid dienone is 1. The van der Waals surface area contributed by atoms with E-state index in [0.29, 0.717) is 0 Å². The van der Waals surface area contributed by atoms with Crippen LogP contribution in [0.1, 0.15) is 29.3 Å². The lowest BCUT2D eigenvalue weighted by Gasteiger charge is -2.06. The molecule has 3 aromatic rings. The van der Waals surface area contributed by atoms with Gasteiger partial charge in [0.05, 0.1) is 11.4 Å². The minimum Gasteiger partial charge on any atom is -0.236 e. The van der Waals surface area contributed by atoms with Crippen LogP contribution in [0.4, 0.5) is 0 Å². The third-order valence-electron chi connectivity index (χ3n) is 3.90. The highest BCUT2D eigenvalue weighted by Crippen LogP contribution is 2.27. The van der Waals surface area contributed by atoms with Crippen molar-refractivity contribution in [2.45, 2.75) is 27.7 Å². The fourth-order valence-corrected chi connectivity index (χ4v) is 2.61. The average Bonchev–Trinajstić information content (AvgIpc) is 2.78. The predicted octanol–water partition coefficient (Wildman–Crippen LogP) is 4.35. The summed E-state index contributed by atoms with van der Waals surface area (Å²) in [6, 6.07) is 8.44. The maximum atomic E-state index is 4.77. The van der Waals surface area contributed by atoms with E-state index in [1.54, 1.807) is 0 Å². The molecule has 0 atom stereocenters. The van der Waals surface area contributed by atoms with Crippen LogP contribution in [0.5, 0.6) is 0 Å². The lowest BCUT2D eigenvalue weighted by Crippen LogP contribution is -2.00. The summed E-state index contributed by atoms with van der Waals surface area (Å²) in [5, 5.41) is 4.77. The molecule has 106 valence electrons. The maximum absolute atomic E-state index is 4.77. The van der Waals surface area contributed by atoms with E-state index in [-0.39, 0.29) is 0 Å². The first-order chi connectivity index (χ1) is 9.99. The van der Waals surface area contributed by atoms with E-state index >= 15 is 0 Å². The van der Waals surface area contributed by atoms with Gasteiger partial charge >= 0.3 is 0 Å². The van der Waals surface area contributed by atoms with Crippen LogP contribution >= 0.6 is 0 Å². The van der Waals surface area contributed by atoms with Gasteiger partial charge in [0.15, 0.2) is 5.65 Å². The molecule has 0 bridgehead atoms. The molecule has 0 unspecified atom stereocenters. The minimum atomic E-state index is 0.910. The van der Waals surface area contributed by atoms with E-state index < -0.39 is 0 Å². The van der Waals surface area contributed by atoms with Crippen LogP contribution < -0.4 is 0 Å². The predicted molar refractivity (Wildman–Crippen MR) is 87.3 cm³/mol. The molecule has 3 rings (SSSR count). The molecule has 0 aliphatic carbocycles. The van der Waals surface area contributed by atoms with Crippen LogP contribution in [0.15, 0.2) is 37.0 Å². The lowest BCUT2D eigenvalue weighted by atomic mass is 10.1. The molecule has 0 spiro atoms. The van der Waals surface area contributed by atoms with Gasteiger partial charge in [-0.3, -0.25) is 0 Å². The second-order valence-corrected chi connectivity index (χ2v) is 5.61. The molecule has 0 radical (unpaired) electrons. The second kappa shape index (κ2) is 4.85. The molecular formula is C18H19N3. The topological polar surface area (TPSA) is 30.2 Å². The molecule has 0 N–H and O–H groups in total. The van der Waals surface area contributed by atoms with E-state index in [1.165, 1.54) is 5.56 Å². The molecule has 3 heteroatoms. The largest absolute Gasteiger partial charge is 0.236 e. The van der Waals surface area contributed by atoms with Crippen molar-refractivity contribution in [1.82, 2.24) is 14.6 Å². The normalized spacial score (nSPS) is 11.0. The molecule has 0 aliphatic rings. The molecule has 21 heavy (non-hydrogen) atoms. The number of hydrogen-bond donors (Lipinski definition) is 0. The summed E-state index contributed by atoms with van der Waals surface area (Å²) < 4.78 is 1.93. The fourth-order valence-electron chi connectivity index (χ4n) is 2.61. The first kappa shape index (κ1) is 13.6. The number of rotatable bonds is 2. The maximum Gasteiger partial charge on any atom is 0.158 e. The van der Waals surface area contributed by atoms with Crippen molar-refractivity contribution < 1.29 is 0 Å². The zero-order valence-corrected chi connectivity index (χ0v) is 12.9. The van der Waals surface area contributed by atoms with Gasteiger partial charge in [-0.05, 0) is 33.3 Å². The summed E-state index contributed by atoms with van der Waals surface area (Å²) in [6.07, 6.45) is 1.89. The summed E-state index contributed by atoms with van der Waals surface area (Å²) in [6.45, 7) is 12.2. The summed E-state index contributed by atoms with van der Waals surface area (Å²) in [7, 11) is 0. The molecule has 0 saturated heterocycles. The fraction of sp³-hybridized carbons (Fsp3) is 0.222. The monoisotopic (exact) mass is 277 g/mol. The van der Waals surface area contributed by atoms with Gasteiger partial charge in [-0.2, -0.15) is 5.10 Å². The van der Waals surface area contributed by atoms with Gasteiger partial charge < -0.3 is 0 Å². The SMILES string of the molecule is C=C(C)c1cnc2c(C)c(-c3ccc(C)cc3)nn2c1C. The zero-order valence-electron chi connectivity index (χ0n) is 12.9. The molecule has 0 aliphatic heterocycles. The smallest absolute Gasteiger partial charge is 0.158 e. The summed E-state index contributed by atoms with van der Waals surface area (Å²) in [4.78, 5) is 4.57. The average molecular weight is 277 g/mol. The summed E-state index contributed by atoms with van der Waals surface area (Å²) >= 11 is 0. The van der Waals surface area contributed by atoms with Crippen LogP contribution in [0.25, 0.3) is 22.5 Å². The van der Waals surface area contributed by atoms with Gasteiger partial charge in [-0.1, -0.05) is 36.4 Å². The van der Waals surface area contributed by atoms with Crippen molar-refractivity contribution >= 4 is 11.2 Å². The van der Waals surface area contributed by atoms with Crippen LogP contribution in [0.3, 0.4) is 0 Å². The number of aryl methyl sites for hydroxylation is 3. The molecule has 2 aromatic heterocycles. The van der Waals surface area contributed by atoms with Crippen molar-refractivity contribution in [2.24, 2.45) is 0 Å². The Morgan fingerprint density at radius 1 is 1.10 bits per heavy atom. The standard InChI is InChI=1S/C18H19N3/c1-11(2)16-10-19-18-13(4)17(20-21(18)14(16)5)15-8-6-12(3)7-9-15/h6-10H,1H2,2-5H3. The molecular weight excluding hydrogens is 258 g/mol. The van der Waals surface area contributed by atoms with Gasteiger partial charge in [0.1, 0.15) is 0 Å². The van der Waals surface area contributed by atoms with Gasteiger partial charge in [0, 0.05) is 22.9 Å². The highest BCUT2D eigenvalue weighted by Gasteiger charge is 2.14. The van der Waals surface area contributed by atoms with Crippen molar-refractivity contribution in [1.29, 1.82) is 0 Å². The van der Waals surface area contributed by atoms with Crippen molar-refractivity contribution in [3.63, 3.8) is 0 Å². The number of nitrogens with zero attached hydrogens (tertiary/aromatic N) is 3. The molecule has 2 heterocycles. The Bertz CT molecular complexity index is 839. The zero-order chi connectivity index (χ0) is 15.1. The van der Waals surface area contributed by atoms with E-state index in [4.69, 9.17) is 5.10 Å². The number of benzene rings is 1. The van der Waals surface area contributed by atoms with Crippen molar-refractivity contribution in [2.75, 3.05) is 0 Å². The van der Waals surface area contributed by atoms with Crippen LogP contribution in [0.2, 0.25) is 0 Å². The molecule has 3 nitrogen and oxygen atoms in total. The Hall–Kier alpha value is -2.42. The van der Waals surface area contributed by atoms with Crippen molar-refractivity contribution in [3.05, 3.63) is 59.4 Å². The third kappa shape index (κ3) is 2.15. The van der Waals surface area contributed by atoms with Gasteiger partial charge in [-0.25, -0.2) is 9.50 Å². The first-order valence-corrected chi connectivity index (χ1v) is 7.07. The van der Waals surface area contributed by atoms with E-state index in [0.717, 1.165) is 39.3 Å². The van der Waals surface area contributed by atoms with Gasteiger partial charge in [0.25, 0.3) is 0 Å². The lowest BCUT2D eigenvalue weighted by molar-refractivity contribution is 0.892. The Balaban J connectivity index is 2.26. The van der Waals surface area contributed by atoms with Crippen LogP contribution in [-0.4, -0.2) is 14.6 Å². The van der Waals surface area contributed by atoms with E-state index in [2.05, 4.69) is 56.6 Å². The summed E-state index contributed by atoms with van der Waals surface area (Å²) in [5.41, 5.74) is 8.52. The second-order valence-electron chi connectivity index (χ2n) is 5.61. The molecule has 0 fully saturated rings. The number of hydrogen-bond acceptors (Lipinski definition) is 2. The molecule has 1 aromatic carbocycles. The van der Waals surface area contributed by atoms with Gasteiger partial charge in [0.2, 0.25) is 0 Å². The molecule has 0 amide bonds.